The van der Waals surface area contributed by atoms with Crippen molar-refractivity contribution in [3.63, 3.8) is 0 Å². The van der Waals surface area contributed by atoms with Gasteiger partial charge in [-0.15, -0.1) is 0 Å². The molecule has 0 spiro atoms. The van der Waals surface area contributed by atoms with E-state index in [-0.39, 0.29) is 16.7 Å². The Morgan fingerprint density at radius 2 is 1.91 bits per heavy atom. The van der Waals surface area contributed by atoms with Gasteiger partial charge in [-0.05, 0) is 35.9 Å². The number of nitrogens with zero attached hydrogens (tertiary/aromatic N) is 2. The fourth-order valence-electron chi connectivity index (χ4n) is 3.35. The number of carbonyl (C=O) groups is 3. The van der Waals surface area contributed by atoms with E-state index in [2.05, 4.69) is 16.4 Å². The monoisotopic (exact) mass is 489 g/mol. The number of thioether (sulfide) groups is 1. The number of amides is 2. The van der Waals surface area contributed by atoms with E-state index in [1.54, 1.807) is 48.5 Å². The molecule has 3 unspecified atom stereocenters. The van der Waals surface area contributed by atoms with E-state index in [0.29, 0.717) is 21.3 Å². The molecule has 3 rings (SSSR count). The zero-order valence-corrected chi connectivity index (χ0v) is 19.1. The van der Waals surface area contributed by atoms with Crippen molar-refractivity contribution < 1.29 is 19.1 Å². The van der Waals surface area contributed by atoms with Crippen molar-refractivity contribution in [2.45, 2.75) is 5.92 Å². The third-order valence-electron chi connectivity index (χ3n) is 4.78. The van der Waals surface area contributed by atoms with Gasteiger partial charge in [-0.25, -0.2) is 4.99 Å². The maximum absolute atomic E-state index is 12.7. The number of hydrogen-bond acceptors (Lipinski definition) is 6. The molecule has 0 saturated heterocycles. The van der Waals surface area contributed by atoms with E-state index in [1.807, 2.05) is 0 Å². The molecular formula is C22H17Cl2N3O4S. The number of anilines is 1. The van der Waals surface area contributed by atoms with Crippen LogP contribution < -0.4 is 5.32 Å². The van der Waals surface area contributed by atoms with Gasteiger partial charge in [0.15, 0.2) is 0 Å². The highest BCUT2D eigenvalue weighted by Gasteiger charge is 2.47. The summed E-state index contributed by atoms with van der Waals surface area (Å²) in [6, 6.07) is 15.3. The summed E-state index contributed by atoms with van der Waals surface area (Å²) >= 11 is 12.9. The van der Waals surface area contributed by atoms with Crippen molar-refractivity contribution in [2.75, 3.05) is 18.2 Å². The van der Waals surface area contributed by atoms with Gasteiger partial charge in [0.1, 0.15) is 11.8 Å². The van der Waals surface area contributed by atoms with Gasteiger partial charge < -0.3 is 10.1 Å². The molecule has 0 aliphatic carbocycles. The zero-order chi connectivity index (χ0) is 23.3. The highest BCUT2D eigenvalue weighted by molar-refractivity contribution is 8.14. The smallest absolute Gasteiger partial charge is 0.319 e. The number of nitriles is 1. The summed E-state index contributed by atoms with van der Waals surface area (Å²) in [6.45, 7) is 0. The number of benzene rings is 2. The quantitative estimate of drug-likeness (QED) is 0.494. The molecule has 0 aromatic heterocycles. The van der Waals surface area contributed by atoms with E-state index < -0.39 is 29.6 Å². The van der Waals surface area contributed by atoms with Crippen LogP contribution in [-0.2, 0) is 19.1 Å². The molecule has 1 N–H and O–H groups in total. The van der Waals surface area contributed by atoms with Crippen LogP contribution in [0.4, 0.5) is 5.69 Å². The number of hydrogen-bond donors (Lipinski definition) is 1. The van der Waals surface area contributed by atoms with Crippen LogP contribution in [-0.4, -0.2) is 35.7 Å². The van der Waals surface area contributed by atoms with Crippen molar-refractivity contribution in [1.29, 1.82) is 5.26 Å². The molecule has 2 aromatic rings. The van der Waals surface area contributed by atoms with Crippen molar-refractivity contribution in [3.8, 4) is 6.07 Å². The van der Waals surface area contributed by atoms with Crippen molar-refractivity contribution in [1.82, 2.24) is 0 Å². The lowest BCUT2D eigenvalue weighted by atomic mass is 9.75. The van der Waals surface area contributed by atoms with Gasteiger partial charge in [0.2, 0.25) is 5.91 Å². The highest BCUT2D eigenvalue weighted by Crippen LogP contribution is 2.40. The Balaban J connectivity index is 1.84. The number of ether oxygens (including phenoxy) is 1. The lowest BCUT2D eigenvalue weighted by Crippen LogP contribution is -2.40. The first kappa shape index (κ1) is 23.8. The third-order valence-corrected chi connectivity index (χ3v) is 6.31. The van der Waals surface area contributed by atoms with Crippen LogP contribution in [0, 0.1) is 23.2 Å². The minimum Gasteiger partial charge on any atom is -0.468 e. The molecule has 0 radical (unpaired) electrons. The van der Waals surface area contributed by atoms with Crippen LogP contribution in [0.25, 0.3) is 0 Å². The zero-order valence-electron chi connectivity index (χ0n) is 16.7. The Bertz CT molecular complexity index is 1110. The van der Waals surface area contributed by atoms with Crippen LogP contribution in [0.5, 0.6) is 0 Å². The SMILES string of the molecule is COC(=O)C1C(=O)N=C(SCC(=O)Nc2cccc(Cl)c2)C(C#N)C1c1ccc(Cl)cc1. The summed E-state index contributed by atoms with van der Waals surface area (Å²) in [5.74, 6) is -4.97. The molecule has 2 aromatic carbocycles. The first-order chi connectivity index (χ1) is 15.3. The fourth-order valence-corrected chi connectivity index (χ4v) is 4.55. The van der Waals surface area contributed by atoms with Gasteiger partial charge in [0.05, 0.1) is 24.0 Å². The Morgan fingerprint density at radius 3 is 2.53 bits per heavy atom. The number of halogens is 2. The molecular weight excluding hydrogens is 473 g/mol. The second kappa shape index (κ2) is 10.6. The molecule has 2 amide bonds. The fraction of sp³-hybridized carbons (Fsp3) is 0.227. The first-order valence-electron chi connectivity index (χ1n) is 9.37. The van der Waals surface area contributed by atoms with E-state index in [4.69, 9.17) is 27.9 Å². The Labute approximate surface area is 198 Å². The minimum atomic E-state index is -1.27. The van der Waals surface area contributed by atoms with Gasteiger partial charge in [-0.1, -0.05) is 53.2 Å². The Kier molecular flexibility index (Phi) is 7.91. The second-order valence-electron chi connectivity index (χ2n) is 6.82. The highest BCUT2D eigenvalue weighted by atomic mass is 35.5. The van der Waals surface area contributed by atoms with Gasteiger partial charge in [0, 0.05) is 21.7 Å². The topological polar surface area (TPSA) is 109 Å². The molecule has 1 heterocycles. The second-order valence-corrected chi connectivity index (χ2v) is 8.69. The van der Waals surface area contributed by atoms with Crippen molar-refractivity contribution in [2.24, 2.45) is 16.8 Å². The summed E-state index contributed by atoms with van der Waals surface area (Å²) in [5, 5.41) is 13.7. The summed E-state index contributed by atoms with van der Waals surface area (Å²) in [5.41, 5.74) is 1.09. The van der Waals surface area contributed by atoms with Gasteiger partial charge >= 0.3 is 5.97 Å². The predicted octanol–water partition coefficient (Wildman–Crippen LogP) is 4.32. The minimum absolute atomic E-state index is 0.0902. The third kappa shape index (κ3) is 5.49. The molecule has 164 valence electrons. The molecule has 3 atom stereocenters. The molecule has 10 heteroatoms. The Hall–Kier alpha value is -2.86. The summed E-state index contributed by atoms with van der Waals surface area (Å²) in [7, 11) is 1.17. The average Bonchev–Trinajstić information content (AvgIpc) is 2.77. The average molecular weight is 490 g/mol. The lowest BCUT2D eigenvalue weighted by Gasteiger charge is -2.31. The van der Waals surface area contributed by atoms with Crippen LogP contribution in [0.2, 0.25) is 10.0 Å². The summed E-state index contributed by atoms with van der Waals surface area (Å²) in [6.07, 6.45) is 0. The molecule has 1 aliphatic rings. The normalized spacial score (nSPS) is 20.1. The van der Waals surface area contributed by atoms with Gasteiger partial charge in [0.25, 0.3) is 5.91 Å². The molecule has 7 nitrogen and oxygen atoms in total. The van der Waals surface area contributed by atoms with E-state index in [0.717, 1.165) is 11.8 Å². The Morgan fingerprint density at radius 1 is 1.19 bits per heavy atom. The van der Waals surface area contributed by atoms with Crippen LogP contribution in [0.1, 0.15) is 11.5 Å². The molecule has 0 fully saturated rings. The maximum atomic E-state index is 12.7. The van der Waals surface area contributed by atoms with Gasteiger partial charge in [-0.3, -0.25) is 14.4 Å². The van der Waals surface area contributed by atoms with E-state index >= 15 is 0 Å². The van der Waals surface area contributed by atoms with E-state index in [1.165, 1.54) is 7.11 Å². The van der Waals surface area contributed by atoms with E-state index in [9.17, 15) is 19.6 Å². The lowest BCUT2D eigenvalue weighted by molar-refractivity contribution is -0.150. The maximum Gasteiger partial charge on any atom is 0.319 e. The number of aliphatic imine (C=N–C) groups is 1. The predicted molar refractivity (Wildman–Crippen MR) is 124 cm³/mol. The molecule has 1 aliphatic heterocycles. The number of nitrogens with one attached hydrogen (secondary N) is 1. The molecule has 0 bridgehead atoms. The van der Waals surface area contributed by atoms with Crippen LogP contribution in [0.15, 0.2) is 53.5 Å². The van der Waals surface area contributed by atoms with Crippen LogP contribution >= 0.6 is 35.0 Å². The number of rotatable bonds is 5. The van der Waals surface area contributed by atoms with Crippen LogP contribution in [0.3, 0.4) is 0 Å². The number of carbonyl (C=O) groups excluding carboxylic acids is 3. The standard InChI is InChI=1S/C22H17Cl2N3O4S/c1-31-22(30)19-18(12-5-7-13(23)8-6-12)16(10-25)21(27-20(19)29)32-11-17(28)26-15-4-2-3-14(24)9-15/h2-9,16,18-19H,11H2,1H3,(H,26,28). The number of esters is 1. The largest absolute Gasteiger partial charge is 0.468 e. The molecule has 32 heavy (non-hydrogen) atoms. The van der Waals surface area contributed by atoms with Crippen molar-refractivity contribution >= 4 is 63.5 Å². The molecule has 0 saturated carbocycles. The number of methoxy groups -OCH3 is 1. The van der Waals surface area contributed by atoms with Gasteiger partial charge in [-0.2, -0.15) is 5.26 Å². The first-order valence-corrected chi connectivity index (χ1v) is 11.1. The summed E-state index contributed by atoms with van der Waals surface area (Å²) < 4.78 is 4.79. The van der Waals surface area contributed by atoms with Crippen molar-refractivity contribution in [3.05, 3.63) is 64.1 Å². The summed E-state index contributed by atoms with van der Waals surface area (Å²) in [4.78, 5) is 41.4.